The Morgan fingerprint density at radius 2 is 1.53 bits per heavy atom. The van der Waals surface area contributed by atoms with E-state index in [1.807, 2.05) is 59.2 Å². The highest BCUT2D eigenvalue weighted by Crippen LogP contribution is 2.36. The molecule has 4 rings (SSSR count). The van der Waals surface area contributed by atoms with Crippen molar-refractivity contribution in [1.82, 2.24) is 9.55 Å². The molecule has 1 aliphatic rings. The minimum atomic E-state index is -1.08. The minimum absolute atomic E-state index is 0.0768. The topological polar surface area (TPSA) is 106 Å². The molecule has 11 heteroatoms. The van der Waals surface area contributed by atoms with Gasteiger partial charge in [0, 0.05) is 31.8 Å². The summed E-state index contributed by atoms with van der Waals surface area (Å²) in [6, 6.07) is 17.0. The lowest BCUT2D eigenvalue weighted by Gasteiger charge is -2.40. The SMILES string of the molecule is CC(=O)O[C@@H]1[C@@H](OC(C)=O)[C@H](Sc2nc3ccccc3c(=S)n2-c2ccccc2)OC[C@H]1OC(C)=O. The van der Waals surface area contributed by atoms with E-state index in [1.54, 1.807) is 0 Å². The van der Waals surface area contributed by atoms with Gasteiger partial charge in [-0.25, -0.2) is 4.98 Å². The molecule has 188 valence electrons. The van der Waals surface area contributed by atoms with Crippen LogP contribution in [0.4, 0.5) is 0 Å². The van der Waals surface area contributed by atoms with Gasteiger partial charge in [0.1, 0.15) is 4.64 Å². The molecular formula is C25H24N2O7S2. The third-order valence-electron chi connectivity index (χ3n) is 5.29. The Labute approximate surface area is 216 Å². The summed E-state index contributed by atoms with van der Waals surface area (Å²) in [5, 5.41) is 1.29. The summed E-state index contributed by atoms with van der Waals surface area (Å²) < 4.78 is 24.7. The van der Waals surface area contributed by atoms with E-state index in [4.69, 9.17) is 36.1 Å². The van der Waals surface area contributed by atoms with Gasteiger partial charge >= 0.3 is 17.9 Å². The molecule has 2 aromatic carbocycles. The summed E-state index contributed by atoms with van der Waals surface area (Å²) in [7, 11) is 0. The maximum Gasteiger partial charge on any atom is 0.303 e. The molecule has 0 saturated carbocycles. The third kappa shape index (κ3) is 5.75. The van der Waals surface area contributed by atoms with Crippen molar-refractivity contribution in [3.63, 3.8) is 0 Å². The van der Waals surface area contributed by atoms with Crippen LogP contribution in [0.15, 0.2) is 59.8 Å². The Balaban J connectivity index is 1.79. The number of fused-ring (bicyclic) bond motifs is 1. The van der Waals surface area contributed by atoms with Crippen LogP contribution in [0.5, 0.6) is 0 Å². The third-order valence-corrected chi connectivity index (χ3v) is 6.81. The van der Waals surface area contributed by atoms with Crippen LogP contribution in [0.2, 0.25) is 0 Å². The number of hydrogen-bond acceptors (Lipinski definition) is 10. The maximum absolute atomic E-state index is 12.0. The van der Waals surface area contributed by atoms with Crippen LogP contribution >= 0.6 is 24.0 Å². The van der Waals surface area contributed by atoms with Crippen molar-refractivity contribution in [2.24, 2.45) is 0 Å². The molecule has 4 atom stereocenters. The van der Waals surface area contributed by atoms with E-state index >= 15 is 0 Å². The van der Waals surface area contributed by atoms with Crippen molar-refractivity contribution >= 4 is 52.8 Å². The number of rotatable bonds is 6. The molecule has 0 unspecified atom stereocenters. The summed E-state index contributed by atoms with van der Waals surface area (Å²) in [4.78, 5) is 40.4. The zero-order valence-corrected chi connectivity index (χ0v) is 21.4. The molecule has 0 bridgehead atoms. The highest BCUT2D eigenvalue weighted by molar-refractivity contribution is 7.99. The van der Waals surface area contributed by atoms with Crippen LogP contribution < -0.4 is 0 Å². The van der Waals surface area contributed by atoms with Crippen LogP contribution in [0.25, 0.3) is 16.6 Å². The molecule has 1 aromatic heterocycles. The quantitative estimate of drug-likeness (QED) is 0.202. The van der Waals surface area contributed by atoms with Crippen LogP contribution in [0.1, 0.15) is 20.8 Å². The molecule has 36 heavy (non-hydrogen) atoms. The smallest absolute Gasteiger partial charge is 0.303 e. The van der Waals surface area contributed by atoms with Gasteiger partial charge in [-0.15, -0.1) is 0 Å². The van der Waals surface area contributed by atoms with Crippen LogP contribution in [-0.4, -0.2) is 57.8 Å². The summed E-state index contributed by atoms with van der Waals surface area (Å²) in [5.41, 5.74) is 0.631. The molecule has 0 aliphatic carbocycles. The number of hydrogen-bond donors (Lipinski definition) is 0. The van der Waals surface area contributed by atoms with Crippen LogP contribution in [0.3, 0.4) is 0 Å². The van der Waals surface area contributed by atoms with Gasteiger partial charge in [-0.05, 0) is 24.3 Å². The zero-order chi connectivity index (χ0) is 25.8. The van der Waals surface area contributed by atoms with Gasteiger partial charge in [0.05, 0.1) is 12.1 Å². The molecule has 1 aliphatic heterocycles. The number of thioether (sulfide) groups is 1. The summed E-state index contributed by atoms with van der Waals surface area (Å²) in [5.74, 6) is -1.81. The highest BCUT2D eigenvalue weighted by atomic mass is 32.2. The first-order valence-corrected chi connectivity index (χ1v) is 12.4. The van der Waals surface area contributed by atoms with Gasteiger partial charge < -0.3 is 18.9 Å². The van der Waals surface area contributed by atoms with Crippen molar-refractivity contribution in [2.45, 2.75) is 49.7 Å². The fourth-order valence-electron chi connectivity index (χ4n) is 3.91. The fourth-order valence-corrected chi connectivity index (χ4v) is 5.48. The standard InChI is InChI=1S/C25H24N2O7S2/c1-14(28)32-20-13-31-24(22(34-16(3)30)21(20)33-15(2)29)36-25-26-19-12-8-7-11-18(19)23(35)27(25)17-9-5-4-6-10-17/h4-12,20-22,24H,13H2,1-3H3/t20-,21+,22-,24+/m1/s1. The normalized spacial score (nSPS) is 21.5. The fraction of sp³-hybridized carbons (Fsp3) is 0.320. The number of carbonyl (C=O) groups is 3. The second-order valence-corrected chi connectivity index (χ2v) is 9.46. The molecule has 3 aromatic rings. The monoisotopic (exact) mass is 528 g/mol. The number of para-hydroxylation sites is 2. The number of ether oxygens (including phenoxy) is 4. The lowest BCUT2D eigenvalue weighted by molar-refractivity contribution is -0.213. The summed E-state index contributed by atoms with van der Waals surface area (Å²) in [6.45, 7) is 3.62. The van der Waals surface area contributed by atoms with E-state index < -0.39 is 41.7 Å². The first kappa shape index (κ1) is 25.8. The van der Waals surface area contributed by atoms with Gasteiger partial charge in [-0.3, -0.25) is 19.0 Å². The summed E-state index contributed by atoms with van der Waals surface area (Å²) >= 11 is 7.00. The Hall–Kier alpha value is -3.28. The van der Waals surface area contributed by atoms with Gasteiger partial charge in [0.2, 0.25) is 0 Å². The first-order valence-electron chi connectivity index (χ1n) is 11.1. The molecule has 0 amide bonds. The molecule has 0 radical (unpaired) electrons. The zero-order valence-electron chi connectivity index (χ0n) is 19.8. The van der Waals surface area contributed by atoms with Gasteiger partial charge in [-0.2, -0.15) is 0 Å². The van der Waals surface area contributed by atoms with Crippen LogP contribution in [-0.2, 0) is 33.3 Å². The predicted octanol–water partition coefficient (Wildman–Crippen LogP) is 4.00. The van der Waals surface area contributed by atoms with E-state index in [-0.39, 0.29) is 6.61 Å². The molecule has 0 N–H and O–H groups in total. The van der Waals surface area contributed by atoms with E-state index in [9.17, 15) is 14.4 Å². The van der Waals surface area contributed by atoms with Crippen molar-refractivity contribution in [3.05, 3.63) is 59.2 Å². The second-order valence-electron chi connectivity index (χ2n) is 8.00. The van der Waals surface area contributed by atoms with E-state index in [1.165, 1.54) is 32.5 Å². The van der Waals surface area contributed by atoms with Crippen molar-refractivity contribution < 1.29 is 33.3 Å². The molecule has 0 spiro atoms. The number of aromatic nitrogens is 2. The molecule has 2 heterocycles. The Bertz CT molecular complexity index is 1350. The van der Waals surface area contributed by atoms with E-state index in [0.717, 1.165) is 11.1 Å². The van der Waals surface area contributed by atoms with Gasteiger partial charge in [0.15, 0.2) is 28.9 Å². The number of carbonyl (C=O) groups excluding carboxylic acids is 3. The first-order chi connectivity index (χ1) is 17.2. The second kappa shape index (κ2) is 11.2. The lowest BCUT2D eigenvalue weighted by Crippen LogP contribution is -2.56. The van der Waals surface area contributed by atoms with Crippen molar-refractivity contribution in [2.75, 3.05) is 6.61 Å². The Kier molecular flexibility index (Phi) is 8.02. The Morgan fingerprint density at radius 3 is 2.19 bits per heavy atom. The Morgan fingerprint density at radius 1 is 0.917 bits per heavy atom. The molecule has 1 fully saturated rings. The van der Waals surface area contributed by atoms with Crippen molar-refractivity contribution in [1.29, 1.82) is 0 Å². The molecule has 9 nitrogen and oxygen atoms in total. The summed E-state index contributed by atoms with van der Waals surface area (Å²) in [6.07, 6.45) is -3.11. The predicted molar refractivity (Wildman–Crippen MR) is 134 cm³/mol. The van der Waals surface area contributed by atoms with E-state index in [0.29, 0.717) is 15.3 Å². The van der Waals surface area contributed by atoms with Gasteiger partial charge in [0.25, 0.3) is 0 Å². The van der Waals surface area contributed by atoms with Crippen LogP contribution in [0, 0.1) is 4.64 Å². The average Bonchev–Trinajstić information content (AvgIpc) is 2.82. The molecular weight excluding hydrogens is 504 g/mol. The maximum atomic E-state index is 12.0. The highest BCUT2D eigenvalue weighted by Gasteiger charge is 2.47. The molecule has 1 saturated heterocycles. The number of esters is 3. The van der Waals surface area contributed by atoms with Gasteiger partial charge in [-0.1, -0.05) is 54.3 Å². The van der Waals surface area contributed by atoms with Crippen molar-refractivity contribution in [3.8, 4) is 5.69 Å². The largest absolute Gasteiger partial charge is 0.456 e. The lowest BCUT2D eigenvalue weighted by atomic mass is 10.1. The minimum Gasteiger partial charge on any atom is -0.456 e. The number of nitrogens with zero attached hydrogens (tertiary/aromatic N) is 2. The number of benzene rings is 2. The van der Waals surface area contributed by atoms with E-state index in [2.05, 4.69) is 0 Å². The average molecular weight is 529 g/mol.